The minimum atomic E-state index is 0.235. The molecule has 0 bridgehead atoms. The summed E-state index contributed by atoms with van der Waals surface area (Å²) in [6.45, 7) is 7.95. The first-order valence-corrected chi connectivity index (χ1v) is 10.2. The van der Waals surface area contributed by atoms with Crippen LogP contribution in [0.15, 0.2) is 18.6 Å². The summed E-state index contributed by atoms with van der Waals surface area (Å²) in [6.07, 6.45) is 5.21. The third-order valence-corrected chi connectivity index (χ3v) is 5.46. The molecule has 11 heteroatoms. The van der Waals surface area contributed by atoms with E-state index in [1.54, 1.807) is 12.4 Å². The Morgan fingerprint density at radius 2 is 1.57 bits per heavy atom. The first-order chi connectivity index (χ1) is 14.8. The van der Waals surface area contributed by atoms with Crippen molar-refractivity contribution in [3.05, 3.63) is 18.6 Å². The van der Waals surface area contributed by atoms with Crippen LogP contribution in [0.25, 0.3) is 22.3 Å². The van der Waals surface area contributed by atoms with Gasteiger partial charge < -0.3 is 20.1 Å². The fourth-order valence-corrected chi connectivity index (χ4v) is 3.75. The van der Waals surface area contributed by atoms with E-state index in [-0.39, 0.29) is 5.95 Å². The van der Waals surface area contributed by atoms with Crippen molar-refractivity contribution in [2.24, 2.45) is 0 Å². The van der Waals surface area contributed by atoms with E-state index in [0.29, 0.717) is 19.2 Å². The molecular formula is C19H25N9O2. The molecule has 3 aromatic rings. The van der Waals surface area contributed by atoms with Gasteiger partial charge in [0.2, 0.25) is 11.9 Å². The number of aromatic nitrogens is 6. The number of ether oxygens (including phenoxy) is 2. The molecule has 0 spiro atoms. The smallest absolute Gasteiger partial charge is 0.228 e. The Bertz CT molecular complexity index is 995. The second-order valence-electron chi connectivity index (χ2n) is 7.36. The van der Waals surface area contributed by atoms with Gasteiger partial charge in [0.05, 0.1) is 50.2 Å². The van der Waals surface area contributed by atoms with Crippen molar-refractivity contribution in [1.82, 2.24) is 34.6 Å². The highest BCUT2D eigenvalue weighted by Gasteiger charge is 2.20. The zero-order valence-corrected chi connectivity index (χ0v) is 16.8. The van der Waals surface area contributed by atoms with Crippen molar-refractivity contribution in [1.29, 1.82) is 0 Å². The topological polar surface area (TPSA) is 120 Å². The molecular weight excluding hydrogens is 386 g/mol. The van der Waals surface area contributed by atoms with Gasteiger partial charge in [0.1, 0.15) is 0 Å². The second kappa shape index (κ2) is 8.46. The van der Waals surface area contributed by atoms with Crippen molar-refractivity contribution < 1.29 is 9.47 Å². The van der Waals surface area contributed by atoms with E-state index in [2.05, 4.69) is 24.9 Å². The summed E-state index contributed by atoms with van der Waals surface area (Å²) in [4.78, 5) is 22.5. The minimum absolute atomic E-state index is 0.235. The fourth-order valence-electron chi connectivity index (χ4n) is 3.75. The van der Waals surface area contributed by atoms with Crippen LogP contribution in [0.5, 0.6) is 0 Å². The summed E-state index contributed by atoms with van der Waals surface area (Å²) >= 11 is 0. The zero-order valence-electron chi connectivity index (χ0n) is 16.8. The van der Waals surface area contributed by atoms with E-state index in [9.17, 15) is 0 Å². The highest BCUT2D eigenvalue weighted by Crippen LogP contribution is 2.28. The molecule has 2 saturated heterocycles. The molecule has 30 heavy (non-hydrogen) atoms. The van der Waals surface area contributed by atoms with Crippen molar-refractivity contribution in [3.63, 3.8) is 0 Å². The zero-order chi connectivity index (χ0) is 20.3. The van der Waals surface area contributed by atoms with E-state index in [1.165, 1.54) is 0 Å². The maximum Gasteiger partial charge on any atom is 0.228 e. The number of rotatable bonds is 5. The van der Waals surface area contributed by atoms with E-state index >= 15 is 0 Å². The molecule has 0 saturated carbocycles. The van der Waals surface area contributed by atoms with Gasteiger partial charge >= 0.3 is 0 Å². The van der Waals surface area contributed by atoms with Crippen molar-refractivity contribution in [2.45, 2.75) is 6.54 Å². The van der Waals surface area contributed by atoms with E-state index in [0.717, 1.165) is 74.8 Å². The van der Waals surface area contributed by atoms with Crippen LogP contribution in [0.3, 0.4) is 0 Å². The van der Waals surface area contributed by atoms with Gasteiger partial charge in [-0.3, -0.25) is 4.90 Å². The normalized spacial score (nSPS) is 18.2. The number of nitrogens with two attached hydrogens (primary N) is 1. The van der Waals surface area contributed by atoms with Crippen LogP contribution in [-0.4, -0.2) is 93.8 Å². The van der Waals surface area contributed by atoms with Gasteiger partial charge in [-0.15, -0.1) is 0 Å². The standard InChI is InChI=1S/C19H25N9O2/c20-18-21-11-14(12-22-18)16-15-13-23-28(2-1-26-3-7-29-8-4-26)17(15)25-19(24-16)27-5-9-30-10-6-27/h11-13H,1-10H2,(H2,20,21,22). The van der Waals surface area contributed by atoms with E-state index < -0.39 is 0 Å². The number of fused-ring (bicyclic) bond motifs is 1. The number of morpholine rings is 2. The molecule has 2 aliphatic rings. The molecule has 0 atom stereocenters. The summed E-state index contributed by atoms with van der Waals surface area (Å²) in [6, 6.07) is 0. The number of anilines is 2. The van der Waals surface area contributed by atoms with Crippen LogP contribution in [0, 0.1) is 0 Å². The number of hydrogen-bond acceptors (Lipinski definition) is 10. The van der Waals surface area contributed by atoms with Crippen LogP contribution < -0.4 is 10.6 Å². The molecule has 2 fully saturated rings. The molecule has 0 amide bonds. The van der Waals surface area contributed by atoms with Crippen molar-refractivity contribution in [3.8, 4) is 11.3 Å². The van der Waals surface area contributed by atoms with Crippen molar-refractivity contribution >= 4 is 22.9 Å². The molecule has 0 radical (unpaired) electrons. The van der Waals surface area contributed by atoms with Crippen LogP contribution in [0.2, 0.25) is 0 Å². The van der Waals surface area contributed by atoms with Crippen LogP contribution in [-0.2, 0) is 16.0 Å². The highest BCUT2D eigenvalue weighted by atomic mass is 16.5. The molecule has 158 valence electrons. The predicted octanol–water partition coefficient (Wildman–Crippen LogP) is 0.0343. The Morgan fingerprint density at radius 1 is 0.867 bits per heavy atom. The first-order valence-electron chi connectivity index (χ1n) is 10.2. The summed E-state index contributed by atoms with van der Waals surface area (Å²) < 4.78 is 12.9. The Kier molecular flexibility index (Phi) is 5.39. The largest absolute Gasteiger partial charge is 0.379 e. The second-order valence-corrected chi connectivity index (χ2v) is 7.36. The number of nitrogen functional groups attached to an aromatic ring is 1. The van der Waals surface area contributed by atoms with Gasteiger partial charge in [0.15, 0.2) is 5.65 Å². The molecule has 0 unspecified atom stereocenters. The maximum atomic E-state index is 5.67. The summed E-state index contributed by atoms with van der Waals surface area (Å²) in [7, 11) is 0. The van der Waals surface area contributed by atoms with Gasteiger partial charge in [0, 0.05) is 50.7 Å². The molecule has 2 N–H and O–H groups in total. The van der Waals surface area contributed by atoms with Gasteiger partial charge in [-0.1, -0.05) is 0 Å². The van der Waals surface area contributed by atoms with Crippen LogP contribution in [0.4, 0.5) is 11.9 Å². The summed E-state index contributed by atoms with van der Waals surface area (Å²) in [5.74, 6) is 0.907. The molecule has 11 nitrogen and oxygen atoms in total. The van der Waals surface area contributed by atoms with Gasteiger partial charge in [0.25, 0.3) is 0 Å². The lowest BCUT2D eigenvalue weighted by atomic mass is 10.2. The lowest BCUT2D eigenvalue weighted by molar-refractivity contribution is 0.0361. The minimum Gasteiger partial charge on any atom is -0.379 e. The maximum absolute atomic E-state index is 5.67. The Balaban J connectivity index is 1.52. The molecule has 0 aromatic carbocycles. The van der Waals surface area contributed by atoms with Crippen molar-refractivity contribution in [2.75, 3.05) is 69.8 Å². The average Bonchev–Trinajstić information content (AvgIpc) is 3.22. The molecule has 2 aliphatic heterocycles. The molecule has 5 rings (SSSR count). The van der Waals surface area contributed by atoms with Crippen LogP contribution >= 0.6 is 0 Å². The average molecular weight is 411 g/mol. The summed E-state index contributed by atoms with van der Waals surface area (Å²) in [5.41, 5.74) is 8.04. The Labute approximate surface area is 173 Å². The summed E-state index contributed by atoms with van der Waals surface area (Å²) in [5, 5.41) is 5.49. The fraction of sp³-hybridized carbons (Fsp3) is 0.526. The SMILES string of the molecule is Nc1ncc(-c2nc(N3CCOCC3)nc3c2cnn3CCN2CCOCC2)cn1. The number of hydrogen-bond donors (Lipinski definition) is 1. The molecule has 5 heterocycles. The van der Waals surface area contributed by atoms with Gasteiger partial charge in [-0.05, 0) is 0 Å². The van der Waals surface area contributed by atoms with Crippen LogP contribution in [0.1, 0.15) is 0 Å². The molecule has 3 aromatic heterocycles. The lowest BCUT2D eigenvalue weighted by Gasteiger charge is -2.27. The lowest BCUT2D eigenvalue weighted by Crippen LogP contribution is -2.38. The monoisotopic (exact) mass is 411 g/mol. The third-order valence-electron chi connectivity index (χ3n) is 5.46. The Hall–Kier alpha value is -2.89. The van der Waals surface area contributed by atoms with E-state index in [1.807, 2.05) is 10.9 Å². The third kappa shape index (κ3) is 3.91. The van der Waals surface area contributed by atoms with E-state index in [4.69, 9.17) is 25.2 Å². The number of nitrogens with zero attached hydrogens (tertiary/aromatic N) is 8. The Morgan fingerprint density at radius 3 is 2.30 bits per heavy atom. The van der Waals surface area contributed by atoms with Gasteiger partial charge in [-0.2, -0.15) is 10.1 Å². The van der Waals surface area contributed by atoms with Gasteiger partial charge in [-0.25, -0.2) is 19.6 Å². The highest BCUT2D eigenvalue weighted by molar-refractivity contribution is 5.90. The predicted molar refractivity (Wildman–Crippen MR) is 111 cm³/mol. The molecule has 0 aliphatic carbocycles. The first kappa shape index (κ1) is 19.1. The quantitative estimate of drug-likeness (QED) is 0.616.